The van der Waals surface area contributed by atoms with Crippen molar-refractivity contribution in [2.24, 2.45) is 11.1 Å². The number of aliphatic hydroxyl groups is 2. The molecular formula is C19H26N6O5S. The minimum atomic E-state index is -4.13. The first kappa shape index (κ1) is 21.8. The summed E-state index contributed by atoms with van der Waals surface area (Å²) in [5.74, 6) is 0.555. The van der Waals surface area contributed by atoms with Gasteiger partial charge in [-0.05, 0) is 37.3 Å². The van der Waals surface area contributed by atoms with Gasteiger partial charge in [-0.2, -0.15) is 23.4 Å². The van der Waals surface area contributed by atoms with Gasteiger partial charge in [0.25, 0.3) is 0 Å². The van der Waals surface area contributed by atoms with E-state index in [0.717, 1.165) is 12.8 Å². The lowest BCUT2D eigenvalue weighted by Crippen LogP contribution is -2.36. The molecule has 12 heteroatoms. The Bertz CT molecular complexity index is 1050. The van der Waals surface area contributed by atoms with Crippen molar-refractivity contribution in [1.82, 2.24) is 15.0 Å². The number of aryl methyl sites for hydroxylation is 2. The molecule has 1 fully saturated rings. The molecule has 2 aliphatic carbocycles. The van der Waals surface area contributed by atoms with Crippen LogP contribution in [0.15, 0.2) is 24.3 Å². The SMILES string of the molecule is Cc1nc(N[C@H]2CCc3ccccc32)nc(N[C@@H]2C[C@H](COS(N)(=O)=O)[C@@H](O)[C@H]2O)n1. The molecule has 5 atom stereocenters. The van der Waals surface area contributed by atoms with E-state index in [1.54, 1.807) is 6.92 Å². The summed E-state index contributed by atoms with van der Waals surface area (Å²) in [6.07, 6.45) is -0.149. The molecule has 2 aromatic rings. The Morgan fingerprint density at radius 2 is 1.84 bits per heavy atom. The zero-order valence-electron chi connectivity index (χ0n) is 17.0. The third kappa shape index (κ3) is 5.10. The van der Waals surface area contributed by atoms with Gasteiger partial charge in [0.05, 0.1) is 24.8 Å². The number of hydrogen-bond acceptors (Lipinski definition) is 10. The van der Waals surface area contributed by atoms with Crippen LogP contribution in [0.2, 0.25) is 0 Å². The molecule has 0 amide bonds. The minimum Gasteiger partial charge on any atom is -0.390 e. The van der Waals surface area contributed by atoms with Crippen molar-refractivity contribution in [2.75, 3.05) is 17.2 Å². The molecule has 168 valence electrons. The predicted molar refractivity (Wildman–Crippen MR) is 112 cm³/mol. The predicted octanol–water partition coefficient (Wildman–Crippen LogP) is 0.0217. The van der Waals surface area contributed by atoms with Gasteiger partial charge in [-0.25, -0.2) is 5.14 Å². The molecule has 6 N–H and O–H groups in total. The summed E-state index contributed by atoms with van der Waals surface area (Å²) < 4.78 is 26.6. The number of aromatic nitrogens is 3. The lowest BCUT2D eigenvalue weighted by Gasteiger charge is -2.19. The highest BCUT2D eigenvalue weighted by Gasteiger charge is 2.42. The zero-order valence-corrected chi connectivity index (χ0v) is 17.8. The molecule has 0 aliphatic heterocycles. The minimum absolute atomic E-state index is 0.101. The molecule has 0 unspecified atom stereocenters. The molecule has 0 spiro atoms. The van der Waals surface area contributed by atoms with E-state index in [0.29, 0.717) is 11.8 Å². The number of nitrogens with zero attached hydrogens (tertiary/aromatic N) is 3. The van der Waals surface area contributed by atoms with E-state index in [2.05, 4.69) is 41.9 Å². The number of anilines is 2. The number of fused-ring (bicyclic) bond motifs is 1. The first-order chi connectivity index (χ1) is 14.7. The van der Waals surface area contributed by atoms with Gasteiger partial charge in [-0.15, -0.1) is 0 Å². The van der Waals surface area contributed by atoms with Crippen LogP contribution in [0.1, 0.15) is 35.8 Å². The number of nitrogens with one attached hydrogen (secondary N) is 2. The Kier molecular flexibility index (Phi) is 6.08. The third-order valence-electron chi connectivity index (χ3n) is 5.75. The summed E-state index contributed by atoms with van der Waals surface area (Å²) in [5.41, 5.74) is 2.53. The van der Waals surface area contributed by atoms with Crippen molar-refractivity contribution in [3.05, 3.63) is 41.2 Å². The molecule has 0 saturated heterocycles. The average Bonchev–Trinajstić information content (AvgIpc) is 3.22. The van der Waals surface area contributed by atoms with E-state index in [9.17, 15) is 18.6 Å². The second kappa shape index (κ2) is 8.63. The van der Waals surface area contributed by atoms with E-state index in [4.69, 9.17) is 5.14 Å². The lowest BCUT2D eigenvalue weighted by atomic mass is 10.1. The molecule has 1 saturated carbocycles. The lowest BCUT2D eigenvalue weighted by molar-refractivity contribution is 0.00775. The Labute approximate surface area is 180 Å². The quantitative estimate of drug-likeness (QED) is 0.387. The highest BCUT2D eigenvalue weighted by Crippen LogP contribution is 2.33. The molecule has 1 aromatic carbocycles. The summed E-state index contributed by atoms with van der Waals surface area (Å²) in [5, 5.41) is 31.8. The number of rotatable bonds is 7. The van der Waals surface area contributed by atoms with Gasteiger partial charge < -0.3 is 20.8 Å². The van der Waals surface area contributed by atoms with Gasteiger partial charge in [0.2, 0.25) is 11.9 Å². The second-order valence-corrected chi connectivity index (χ2v) is 9.19. The second-order valence-electron chi connectivity index (χ2n) is 7.97. The molecule has 2 aliphatic rings. The van der Waals surface area contributed by atoms with Crippen LogP contribution in [0, 0.1) is 12.8 Å². The van der Waals surface area contributed by atoms with Crippen LogP contribution < -0.4 is 15.8 Å². The fourth-order valence-corrected chi connectivity index (χ4v) is 4.62. The summed E-state index contributed by atoms with van der Waals surface area (Å²) in [6.45, 7) is 1.42. The fraction of sp³-hybridized carbons (Fsp3) is 0.526. The van der Waals surface area contributed by atoms with Crippen LogP contribution in [0.3, 0.4) is 0 Å². The monoisotopic (exact) mass is 450 g/mol. The van der Waals surface area contributed by atoms with E-state index < -0.39 is 34.5 Å². The summed E-state index contributed by atoms with van der Waals surface area (Å²) in [4.78, 5) is 13.1. The highest BCUT2D eigenvalue weighted by molar-refractivity contribution is 7.84. The van der Waals surface area contributed by atoms with Gasteiger partial charge in [-0.1, -0.05) is 24.3 Å². The first-order valence-corrected chi connectivity index (χ1v) is 11.5. The van der Waals surface area contributed by atoms with Crippen LogP contribution in [0.4, 0.5) is 11.9 Å². The van der Waals surface area contributed by atoms with Crippen LogP contribution >= 0.6 is 0 Å². The molecule has 4 rings (SSSR count). The summed E-state index contributed by atoms with van der Waals surface area (Å²) in [7, 11) is -4.13. The largest absolute Gasteiger partial charge is 0.390 e. The summed E-state index contributed by atoms with van der Waals surface area (Å²) >= 11 is 0. The molecular weight excluding hydrogens is 424 g/mol. The number of benzene rings is 1. The van der Waals surface area contributed by atoms with E-state index in [-0.39, 0.29) is 25.0 Å². The molecule has 11 nitrogen and oxygen atoms in total. The van der Waals surface area contributed by atoms with Gasteiger partial charge in [-0.3, -0.25) is 4.18 Å². The van der Waals surface area contributed by atoms with Crippen molar-refractivity contribution in [2.45, 2.75) is 50.5 Å². The molecule has 31 heavy (non-hydrogen) atoms. The van der Waals surface area contributed by atoms with E-state index >= 15 is 0 Å². The van der Waals surface area contributed by atoms with Crippen molar-refractivity contribution >= 4 is 22.2 Å². The standard InChI is InChI=1S/C19H26N6O5S/c1-10-21-18(23-14-7-6-11-4-2-3-5-13(11)14)25-19(22-10)24-15-8-12(16(26)17(15)27)9-30-31(20,28)29/h2-5,12,14-17,26-27H,6-9H2,1H3,(H2,20,28,29)(H2,21,22,23,24,25)/t12-,14+,15-,16-,17+/m1/s1. The highest BCUT2D eigenvalue weighted by atomic mass is 32.2. The summed E-state index contributed by atoms with van der Waals surface area (Å²) in [6, 6.07) is 7.75. The smallest absolute Gasteiger partial charge is 0.333 e. The van der Waals surface area contributed by atoms with Crippen molar-refractivity contribution in [3.8, 4) is 0 Å². The van der Waals surface area contributed by atoms with Gasteiger partial charge in [0.1, 0.15) is 11.9 Å². The van der Waals surface area contributed by atoms with Gasteiger partial charge >= 0.3 is 10.3 Å². The molecule has 0 bridgehead atoms. The van der Waals surface area contributed by atoms with Crippen LogP contribution in [0.5, 0.6) is 0 Å². The van der Waals surface area contributed by atoms with Crippen molar-refractivity contribution in [3.63, 3.8) is 0 Å². The van der Waals surface area contributed by atoms with Crippen molar-refractivity contribution in [1.29, 1.82) is 0 Å². The van der Waals surface area contributed by atoms with E-state index in [1.165, 1.54) is 11.1 Å². The van der Waals surface area contributed by atoms with Crippen LogP contribution in [-0.4, -0.2) is 58.4 Å². The Hall–Kier alpha value is -2.38. The molecule has 1 aromatic heterocycles. The molecule has 1 heterocycles. The maximum atomic E-state index is 11.0. The number of aliphatic hydroxyl groups excluding tert-OH is 2. The normalized spacial score (nSPS) is 27.8. The fourth-order valence-electron chi connectivity index (χ4n) is 4.25. The van der Waals surface area contributed by atoms with Gasteiger partial charge in [0.15, 0.2) is 0 Å². The van der Waals surface area contributed by atoms with Gasteiger partial charge in [0, 0.05) is 5.92 Å². The average molecular weight is 451 g/mol. The first-order valence-electron chi connectivity index (χ1n) is 10.1. The zero-order chi connectivity index (χ0) is 22.2. The number of hydrogen-bond donors (Lipinski definition) is 5. The third-order valence-corrected chi connectivity index (χ3v) is 6.21. The van der Waals surface area contributed by atoms with Crippen LogP contribution in [-0.2, 0) is 20.9 Å². The maximum absolute atomic E-state index is 11.0. The molecule has 0 radical (unpaired) electrons. The topological polar surface area (TPSA) is 173 Å². The Balaban J connectivity index is 1.44. The van der Waals surface area contributed by atoms with Crippen LogP contribution in [0.25, 0.3) is 0 Å². The Morgan fingerprint density at radius 1 is 1.13 bits per heavy atom. The Morgan fingerprint density at radius 3 is 2.58 bits per heavy atom. The number of nitrogens with two attached hydrogens (primary N) is 1. The maximum Gasteiger partial charge on any atom is 0.333 e. The van der Waals surface area contributed by atoms with E-state index in [1.807, 2.05) is 12.1 Å². The van der Waals surface area contributed by atoms with Crippen molar-refractivity contribution < 1.29 is 22.8 Å².